The first kappa shape index (κ1) is 108. The molecule has 8 aliphatic rings. The lowest BCUT2D eigenvalue weighted by molar-refractivity contribution is -0.344. The van der Waals surface area contributed by atoms with Gasteiger partial charge in [0.1, 0.15) is 60.5 Å². The van der Waals surface area contributed by atoms with Gasteiger partial charge >= 0.3 is 54.3 Å². The molecule has 0 spiro atoms. The van der Waals surface area contributed by atoms with Crippen LogP contribution in [0.25, 0.3) is 0 Å². The number of hydrogen-bond acceptors (Lipinski definition) is 32. The molecular formula is C109H126N2O32Si. The quantitative estimate of drug-likeness (QED) is 0.0134. The Morgan fingerprint density at radius 3 is 1.22 bits per heavy atom. The predicted octanol–water partition coefficient (Wildman–Crippen LogP) is 13.9. The van der Waals surface area contributed by atoms with Crippen LogP contribution < -0.4 is 10.6 Å². The zero-order chi connectivity index (χ0) is 104. The van der Waals surface area contributed by atoms with Gasteiger partial charge in [-0.25, -0.2) is 33.6 Å². The van der Waals surface area contributed by atoms with Crippen LogP contribution in [-0.2, 0) is 106 Å². The summed E-state index contributed by atoms with van der Waals surface area (Å²) in [6.45, 7) is 23.1. The number of esters is 6. The molecule has 6 N–H and O–H groups in total. The van der Waals surface area contributed by atoms with Crippen LogP contribution in [0.1, 0.15) is 193 Å². The van der Waals surface area contributed by atoms with Crippen LogP contribution in [0.2, 0.25) is 18.1 Å². The van der Waals surface area contributed by atoms with E-state index in [1.807, 2.05) is 33.9 Å². The van der Waals surface area contributed by atoms with Crippen molar-refractivity contribution in [3.8, 4) is 0 Å². The van der Waals surface area contributed by atoms with Crippen molar-refractivity contribution in [2.75, 3.05) is 27.4 Å². The number of amides is 2. The van der Waals surface area contributed by atoms with Crippen LogP contribution >= 0.6 is 0 Å². The van der Waals surface area contributed by atoms with Gasteiger partial charge in [-0.1, -0.05) is 220 Å². The van der Waals surface area contributed by atoms with E-state index in [1.54, 1.807) is 223 Å². The summed E-state index contributed by atoms with van der Waals surface area (Å²) in [5.41, 5.74) is -14.3. The Bertz CT molecular complexity index is 6020. The molecule has 144 heavy (non-hydrogen) atoms. The largest absolute Gasteiger partial charge is 0.508 e. The molecule has 2 unspecified atom stereocenters. The first-order chi connectivity index (χ1) is 67.5. The molecule has 22 atom stereocenters. The second-order valence-corrected chi connectivity index (χ2v) is 45.4. The molecule has 15 rings (SSSR count). The van der Waals surface area contributed by atoms with Crippen molar-refractivity contribution < 1.29 is 153 Å². The summed E-state index contributed by atoms with van der Waals surface area (Å²) in [5, 5.41) is 57.2. The number of rotatable bonds is 25. The predicted molar refractivity (Wildman–Crippen MR) is 517 cm³/mol. The van der Waals surface area contributed by atoms with E-state index in [0.29, 0.717) is 22.3 Å². The molecule has 7 aromatic rings. The van der Waals surface area contributed by atoms with E-state index in [9.17, 15) is 68.4 Å². The number of nitrogens with one attached hydrogen (secondary N) is 2. The Kier molecular flexibility index (Phi) is 31.7. The van der Waals surface area contributed by atoms with Gasteiger partial charge in [0.2, 0.25) is 0 Å². The number of carbonyl (C=O) groups is 13. The number of benzene rings is 7. The second kappa shape index (κ2) is 42.3. The molecule has 6 fully saturated rings. The lowest BCUT2D eigenvalue weighted by Gasteiger charge is -2.67. The normalized spacial score (nSPS) is 29.1. The fourth-order valence-corrected chi connectivity index (χ4v) is 23.1. The fraction of sp³-hybridized carbons (Fsp3) is 0.459. The summed E-state index contributed by atoms with van der Waals surface area (Å²) < 4.78 is 90.8. The number of aliphatic hydroxyl groups excluding tert-OH is 2. The minimum atomic E-state index is -3.00. The summed E-state index contributed by atoms with van der Waals surface area (Å²) in [7, 11) is -0.857. The van der Waals surface area contributed by atoms with Crippen molar-refractivity contribution in [3.05, 3.63) is 274 Å². The highest BCUT2D eigenvalue weighted by Crippen LogP contribution is 2.68. The maximum atomic E-state index is 16.5. The van der Waals surface area contributed by atoms with E-state index in [-0.39, 0.29) is 72.5 Å². The number of ketones is 2. The zero-order valence-electron chi connectivity index (χ0n) is 82.6. The minimum absolute atomic E-state index is 0. The molecule has 0 aromatic heterocycles. The molecule has 34 nitrogen and oxygen atoms in total. The standard InChI is InChI=1S/C61H71NO17Si.C47H51NO15.CH4/c1-36-42(75-54(67)48(79-80(10,11)57(3,4)5)46(39-26-18-13-19-27-39)62-52(65)40-28-20-14-21-29-40)33-61(70)51(77-53(66)41-30-22-15-23-31-41)49-59(8,50(64)47(74-37(2)63)45(36)58(61,6)7)43(32-44-60(49,35-73-44)78-55(68)71-9)76-56(69)72-34-38-24-16-12-17-25-38;1-25-30(61-42(55)35(51)34(27-16-10-7-11-17-27)48-40(53)28-18-12-8-13-19-28)23-47(57)39(62-41(54)29-20-14-9-15-21-29)37-45(5,38(52)36(60-26(2)49)33(25)44(47,3)4)31(50)22-32-46(37,24-59-32)63-43(56)58-6;/h12-31,42-44,46-49,51,70H,32-35H2,1-11H3,(H,62,65);7-21,30-32,34-37,39,50-51,57H,22-24H2,1-6H3,(H,48,53);1H4/t42-,43-,44?,46-,47+,48+,49-,51-,59+,60-,61+;30-,31-,32?,34-,35+,36+,37-,39-,45+,46-,47+;/m00./s1. The van der Waals surface area contributed by atoms with E-state index in [1.165, 1.54) is 45.0 Å². The van der Waals surface area contributed by atoms with Crippen LogP contribution in [0, 0.1) is 33.5 Å². The third-order valence-electron chi connectivity index (χ3n) is 30.8. The van der Waals surface area contributed by atoms with Gasteiger partial charge in [0.05, 0.1) is 79.4 Å². The average Bonchev–Trinajstić information content (AvgIpc) is 0.665. The second-order valence-electron chi connectivity index (χ2n) is 40.6. The Balaban J connectivity index is 0.000000246. The Morgan fingerprint density at radius 2 is 0.833 bits per heavy atom. The first-order valence-electron chi connectivity index (χ1n) is 47.2. The molecule has 35 heteroatoms. The van der Waals surface area contributed by atoms with Crippen molar-refractivity contribution in [2.45, 2.75) is 256 Å². The third kappa shape index (κ3) is 20.1. The summed E-state index contributed by atoms with van der Waals surface area (Å²) in [5.74, 6) is -12.3. The average molecular weight is 2000 g/mol. The van der Waals surface area contributed by atoms with Gasteiger partial charge in [-0.2, -0.15) is 0 Å². The molecule has 2 amide bonds. The van der Waals surface area contributed by atoms with Gasteiger partial charge in [-0.3, -0.25) is 28.8 Å². The molecule has 2 saturated heterocycles. The smallest absolute Gasteiger partial charge is 0.456 e. The summed E-state index contributed by atoms with van der Waals surface area (Å²) in [4.78, 5) is 186. The maximum Gasteiger partial charge on any atom is 0.508 e. The molecule has 4 bridgehead atoms. The molecule has 0 radical (unpaired) electrons. The molecule has 768 valence electrons. The molecule has 4 saturated carbocycles. The zero-order valence-corrected chi connectivity index (χ0v) is 83.6. The third-order valence-corrected chi connectivity index (χ3v) is 35.2. The van der Waals surface area contributed by atoms with Crippen LogP contribution in [0.4, 0.5) is 14.4 Å². The topological polar surface area (TPSA) is 465 Å². The van der Waals surface area contributed by atoms with Gasteiger partial charge in [0.15, 0.2) is 55.5 Å². The number of aliphatic hydroxyl groups is 4. The Hall–Kier alpha value is -13.1. The van der Waals surface area contributed by atoms with Crippen LogP contribution in [-0.4, -0.2) is 229 Å². The number of fused-ring (bicyclic) bond motifs is 10. The maximum absolute atomic E-state index is 16.5. The highest BCUT2D eigenvalue weighted by molar-refractivity contribution is 6.74. The number of methoxy groups -OCH3 is 2. The van der Waals surface area contributed by atoms with E-state index in [4.69, 9.17) is 70.7 Å². The molecule has 6 aliphatic carbocycles. The number of hydrogen-bond donors (Lipinski definition) is 6. The number of carbonyl (C=O) groups excluding carboxylic acids is 13. The van der Waals surface area contributed by atoms with E-state index in [2.05, 4.69) is 10.6 Å². The van der Waals surface area contributed by atoms with Crippen LogP contribution in [0.3, 0.4) is 0 Å². The van der Waals surface area contributed by atoms with Crippen molar-refractivity contribution in [3.63, 3.8) is 0 Å². The van der Waals surface area contributed by atoms with Crippen LogP contribution in [0.5, 0.6) is 0 Å². The number of ether oxygens (including phenoxy) is 14. The first-order valence-corrected chi connectivity index (χ1v) is 50.2. The monoisotopic (exact) mass is 2000 g/mol. The van der Waals surface area contributed by atoms with E-state index < -0.39 is 252 Å². The van der Waals surface area contributed by atoms with Crippen molar-refractivity contribution in [2.24, 2.45) is 33.5 Å². The van der Waals surface area contributed by atoms with E-state index >= 15 is 14.4 Å². The van der Waals surface area contributed by atoms with Crippen molar-refractivity contribution in [1.29, 1.82) is 0 Å². The molecular weight excluding hydrogens is 1880 g/mol. The Labute approximate surface area is 835 Å². The summed E-state index contributed by atoms with van der Waals surface area (Å²) in [6.07, 6.45) is -25.1. The van der Waals surface area contributed by atoms with Gasteiger partial charge in [-0.05, 0) is 133 Å². The van der Waals surface area contributed by atoms with Gasteiger partial charge < -0.3 is 102 Å². The van der Waals surface area contributed by atoms with Gasteiger partial charge in [0, 0.05) is 61.5 Å². The van der Waals surface area contributed by atoms with Gasteiger partial charge in [-0.15, -0.1) is 0 Å². The van der Waals surface area contributed by atoms with E-state index in [0.717, 1.165) is 28.1 Å². The summed E-state index contributed by atoms with van der Waals surface area (Å²) >= 11 is 0. The van der Waals surface area contributed by atoms with Crippen molar-refractivity contribution in [1.82, 2.24) is 10.6 Å². The minimum Gasteiger partial charge on any atom is -0.456 e. The lowest BCUT2D eigenvalue weighted by Crippen LogP contribution is -2.82. The Morgan fingerprint density at radius 1 is 0.472 bits per heavy atom. The molecule has 7 aromatic carbocycles. The molecule has 2 aliphatic heterocycles. The summed E-state index contributed by atoms with van der Waals surface area (Å²) in [6, 6.07) is 55.5. The van der Waals surface area contributed by atoms with Crippen molar-refractivity contribution >= 4 is 86.0 Å². The lowest BCUT2D eigenvalue weighted by atomic mass is 9.44. The van der Waals surface area contributed by atoms with Crippen LogP contribution in [0.15, 0.2) is 235 Å². The number of Topliss-reactive ketones (excluding diaryl/α,β-unsaturated/α-hetero) is 2. The fourth-order valence-electron chi connectivity index (χ4n) is 21.8. The van der Waals surface area contributed by atoms with Gasteiger partial charge in [0.25, 0.3) is 11.8 Å². The highest BCUT2D eigenvalue weighted by atomic mass is 28.4. The highest BCUT2D eigenvalue weighted by Gasteiger charge is 2.82. The SMILES string of the molecule is C.COC(=O)O[C@@]12COC1C[C@H](O)[C@@]1(C)C(=O)[C@H](OC(C)=O)C3=C(C)[C@@H](OC(=O)[C@H](O)[C@@H](NC(=O)c4ccccc4)c4ccccc4)C[C@@](O)([C@@H](OC(=O)c4ccccc4)[C@@H]12)C3(C)C.COC(=O)O[C@@]12COC1C[C@H](OC(=O)OCc1ccccc1)[C@@]1(C)C(=O)[C@H](OC(C)=O)C3=C(C)[C@@H](OC(=O)[C@H](O[Si](C)(C)C(C)(C)C)[C@@H](NC(=O)c4ccccc4)c4ccccc4)C[C@@](O)([C@@H](OC(=O)c4ccccc4)[C@@H]12)C3(C)C. The molecule has 2 heterocycles.